The third-order valence-corrected chi connectivity index (χ3v) is 3.56. The molecule has 1 heterocycles. The van der Waals surface area contributed by atoms with Gasteiger partial charge in [0.1, 0.15) is 0 Å². The first-order valence-electron chi connectivity index (χ1n) is 7.09. The van der Waals surface area contributed by atoms with E-state index in [0.29, 0.717) is 12.5 Å². The Morgan fingerprint density at radius 2 is 2.21 bits per heavy atom. The molecule has 4 heteroatoms. The first-order valence-corrected chi connectivity index (χ1v) is 7.09. The Morgan fingerprint density at radius 3 is 2.95 bits per heavy atom. The van der Waals surface area contributed by atoms with Gasteiger partial charge in [0.2, 0.25) is 5.91 Å². The summed E-state index contributed by atoms with van der Waals surface area (Å²) in [6, 6.07) is 4.33. The Balaban J connectivity index is 2.12. The summed E-state index contributed by atoms with van der Waals surface area (Å²) in [4.78, 5) is 11.4. The molecule has 0 saturated heterocycles. The van der Waals surface area contributed by atoms with E-state index in [1.807, 2.05) is 12.1 Å². The number of rotatable bonds is 5. The van der Waals surface area contributed by atoms with Crippen molar-refractivity contribution >= 4 is 23.0 Å². The van der Waals surface area contributed by atoms with Crippen molar-refractivity contribution in [2.75, 3.05) is 16.4 Å². The predicted octanol–water partition coefficient (Wildman–Crippen LogP) is 3.14. The van der Waals surface area contributed by atoms with E-state index in [1.54, 1.807) is 0 Å². The van der Waals surface area contributed by atoms with Crippen LogP contribution in [0.4, 0.5) is 17.1 Å². The summed E-state index contributed by atoms with van der Waals surface area (Å²) in [6.45, 7) is 4.35. The standard InChI is InChI=1S/C15H23N3O/c1-3-4-5-10(2)17-14-9-13-11(8-12(14)16)6-7-15(19)18-13/h8-10,17H,3-7,16H2,1-2H3,(H,18,19). The van der Waals surface area contributed by atoms with Crippen molar-refractivity contribution in [3.8, 4) is 0 Å². The number of benzene rings is 1. The van der Waals surface area contributed by atoms with Gasteiger partial charge in [-0.15, -0.1) is 0 Å². The topological polar surface area (TPSA) is 67.1 Å². The summed E-state index contributed by atoms with van der Waals surface area (Å²) in [5, 5.41) is 6.34. The molecular formula is C15H23N3O. The van der Waals surface area contributed by atoms with Crippen LogP contribution >= 0.6 is 0 Å². The van der Waals surface area contributed by atoms with E-state index in [1.165, 1.54) is 12.8 Å². The van der Waals surface area contributed by atoms with E-state index in [9.17, 15) is 4.79 Å². The quantitative estimate of drug-likeness (QED) is 0.713. The Kier molecular flexibility index (Phi) is 4.30. The van der Waals surface area contributed by atoms with Crippen LogP contribution in [0.25, 0.3) is 0 Å². The lowest BCUT2D eigenvalue weighted by Gasteiger charge is -2.22. The van der Waals surface area contributed by atoms with Crippen molar-refractivity contribution in [3.63, 3.8) is 0 Å². The Morgan fingerprint density at radius 1 is 1.42 bits per heavy atom. The zero-order chi connectivity index (χ0) is 13.8. The van der Waals surface area contributed by atoms with E-state index >= 15 is 0 Å². The molecule has 1 aromatic rings. The fourth-order valence-electron chi connectivity index (χ4n) is 2.42. The lowest BCUT2D eigenvalue weighted by atomic mass is 10.0. The molecule has 0 bridgehead atoms. The van der Waals surface area contributed by atoms with E-state index in [4.69, 9.17) is 5.73 Å². The van der Waals surface area contributed by atoms with Crippen LogP contribution in [0.15, 0.2) is 12.1 Å². The molecule has 4 N–H and O–H groups in total. The molecular weight excluding hydrogens is 238 g/mol. The van der Waals surface area contributed by atoms with Gasteiger partial charge in [-0.2, -0.15) is 0 Å². The van der Waals surface area contributed by atoms with Gasteiger partial charge in [-0.1, -0.05) is 19.8 Å². The number of amides is 1. The van der Waals surface area contributed by atoms with Crippen molar-refractivity contribution in [1.29, 1.82) is 0 Å². The largest absolute Gasteiger partial charge is 0.397 e. The van der Waals surface area contributed by atoms with Crippen LogP contribution < -0.4 is 16.4 Å². The highest BCUT2D eigenvalue weighted by molar-refractivity contribution is 5.95. The van der Waals surface area contributed by atoms with E-state index in [-0.39, 0.29) is 5.91 Å². The molecule has 0 spiro atoms. The minimum atomic E-state index is 0.0854. The fourth-order valence-corrected chi connectivity index (χ4v) is 2.42. The predicted molar refractivity (Wildman–Crippen MR) is 80.4 cm³/mol. The second-order valence-corrected chi connectivity index (χ2v) is 5.33. The average Bonchev–Trinajstić information content (AvgIpc) is 2.38. The summed E-state index contributed by atoms with van der Waals surface area (Å²) in [6.07, 6.45) is 4.85. The lowest BCUT2D eigenvalue weighted by molar-refractivity contribution is -0.116. The summed E-state index contributed by atoms with van der Waals surface area (Å²) >= 11 is 0. The van der Waals surface area contributed by atoms with Crippen molar-refractivity contribution < 1.29 is 4.79 Å². The van der Waals surface area contributed by atoms with Crippen LogP contribution in [0.2, 0.25) is 0 Å². The van der Waals surface area contributed by atoms with E-state index < -0.39 is 0 Å². The van der Waals surface area contributed by atoms with Crippen LogP contribution in [-0.4, -0.2) is 11.9 Å². The zero-order valence-electron chi connectivity index (χ0n) is 11.8. The van der Waals surface area contributed by atoms with Crippen molar-refractivity contribution in [2.24, 2.45) is 0 Å². The maximum absolute atomic E-state index is 11.4. The van der Waals surface area contributed by atoms with Gasteiger partial charge in [0, 0.05) is 18.2 Å². The average molecular weight is 261 g/mol. The summed E-state index contributed by atoms with van der Waals surface area (Å²) < 4.78 is 0. The first kappa shape index (κ1) is 13.7. The van der Waals surface area contributed by atoms with Gasteiger partial charge in [0.15, 0.2) is 0 Å². The zero-order valence-corrected chi connectivity index (χ0v) is 11.8. The van der Waals surface area contributed by atoms with Crippen LogP contribution in [-0.2, 0) is 11.2 Å². The maximum Gasteiger partial charge on any atom is 0.224 e. The third-order valence-electron chi connectivity index (χ3n) is 3.56. The van der Waals surface area contributed by atoms with Gasteiger partial charge in [-0.05, 0) is 37.5 Å². The number of anilines is 3. The minimum Gasteiger partial charge on any atom is -0.397 e. The molecule has 2 rings (SSSR count). The highest BCUT2D eigenvalue weighted by Gasteiger charge is 2.17. The van der Waals surface area contributed by atoms with Crippen molar-refractivity contribution in [2.45, 2.75) is 52.0 Å². The van der Waals surface area contributed by atoms with Crippen molar-refractivity contribution in [1.82, 2.24) is 0 Å². The van der Waals surface area contributed by atoms with Crippen LogP contribution in [0.5, 0.6) is 0 Å². The molecule has 0 aliphatic carbocycles. The molecule has 0 fully saturated rings. The highest BCUT2D eigenvalue weighted by Crippen LogP contribution is 2.31. The van der Waals surface area contributed by atoms with Crippen LogP contribution in [0, 0.1) is 0 Å². The molecule has 1 aliphatic rings. The smallest absolute Gasteiger partial charge is 0.224 e. The first-order chi connectivity index (χ1) is 9.10. The molecule has 1 amide bonds. The minimum absolute atomic E-state index is 0.0854. The summed E-state index contributed by atoms with van der Waals surface area (Å²) in [7, 11) is 0. The summed E-state index contributed by atoms with van der Waals surface area (Å²) in [5.41, 5.74) is 9.79. The van der Waals surface area contributed by atoms with E-state index in [2.05, 4.69) is 24.5 Å². The van der Waals surface area contributed by atoms with Crippen LogP contribution in [0.3, 0.4) is 0 Å². The number of nitrogens with one attached hydrogen (secondary N) is 2. The SMILES string of the molecule is CCCCC(C)Nc1cc2c(cc1N)CCC(=O)N2. The van der Waals surface area contributed by atoms with E-state index in [0.717, 1.165) is 35.5 Å². The number of hydrogen-bond donors (Lipinski definition) is 3. The lowest BCUT2D eigenvalue weighted by Crippen LogP contribution is -2.21. The molecule has 1 aliphatic heterocycles. The van der Waals surface area contributed by atoms with Gasteiger partial charge in [0.25, 0.3) is 0 Å². The van der Waals surface area contributed by atoms with Gasteiger partial charge in [-0.25, -0.2) is 0 Å². The molecule has 104 valence electrons. The molecule has 19 heavy (non-hydrogen) atoms. The maximum atomic E-state index is 11.4. The number of hydrogen-bond acceptors (Lipinski definition) is 3. The molecule has 1 atom stereocenters. The Hall–Kier alpha value is -1.71. The van der Waals surface area contributed by atoms with Gasteiger partial charge in [0.05, 0.1) is 11.4 Å². The van der Waals surface area contributed by atoms with Gasteiger partial charge < -0.3 is 16.4 Å². The second-order valence-electron chi connectivity index (χ2n) is 5.33. The molecule has 0 aromatic heterocycles. The highest BCUT2D eigenvalue weighted by atomic mass is 16.1. The Bertz CT molecular complexity index is 471. The number of carbonyl (C=O) groups is 1. The number of fused-ring (bicyclic) bond motifs is 1. The monoisotopic (exact) mass is 261 g/mol. The number of nitrogen functional groups attached to an aromatic ring is 1. The molecule has 1 aromatic carbocycles. The number of unbranched alkanes of at least 4 members (excludes halogenated alkanes) is 1. The van der Waals surface area contributed by atoms with Crippen LogP contribution in [0.1, 0.15) is 45.1 Å². The normalized spacial score (nSPS) is 15.6. The number of nitrogens with two attached hydrogens (primary N) is 1. The van der Waals surface area contributed by atoms with Crippen molar-refractivity contribution in [3.05, 3.63) is 17.7 Å². The van der Waals surface area contributed by atoms with Gasteiger partial charge in [-0.3, -0.25) is 4.79 Å². The second kappa shape index (κ2) is 5.95. The Labute approximate surface area is 114 Å². The number of aryl methyl sites for hydroxylation is 1. The molecule has 0 radical (unpaired) electrons. The third kappa shape index (κ3) is 3.40. The number of carbonyl (C=O) groups excluding carboxylic acids is 1. The molecule has 0 saturated carbocycles. The molecule has 1 unspecified atom stereocenters. The molecule has 4 nitrogen and oxygen atoms in total. The fraction of sp³-hybridized carbons (Fsp3) is 0.533. The van der Waals surface area contributed by atoms with Gasteiger partial charge >= 0.3 is 0 Å². The summed E-state index contributed by atoms with van der Waals surface area (Å²) in [5.74, 6) is 0.0854.